The van der Waals surface area contributed by atoms with E-state index in [1.165, 1.54) is 11.8 Å². The van der Waals surface area contributed by atoms with E-state index in [0.717, 1.165) is 24.1 Å². The number of hydrogen-bond acceptors (Lipinski definition) is 8. The van der Waals surface area contributed by atoms with Crippen molar-refractivity contribution in [2.45, 2.75) is 45.2 Å². The molecule has 1 N–H and O–H groups in total. The Morgan fingerprint density at radius 2 is 2.03 bits per heavy atom. The summed E-state index contributed by atoms with van der Waals surface area (Å²) in [6.07, 6.45) is 2.25. The molecule has 3 aliphatic rings. The number of ether oxygens (including phenoxy) is 3. The molecule has 170 valence electrons. The van der Waals surface area contributed by atoms with E-state index in [4.69, 9.17) is 14.2 Å². The number of amides is 1. The number of benzene rings is 1. The first-order valence-electron chi connectivity index (χ1n) is 10.6. The van der Waals surface area contributed by atoms with E-state index in [1.807, 2.05) is 22.4 Å². The molecule has 2 heterocycles. The minimum atomic E-state index is -0.544. The lowest BCUT2D eigenvalue weighted by molar-refractivity contribution is -0.139. The number of nitrogens with one attached hydrogen (secondary N) is 1. The second-order valence-electron chi connectivity index (χ2n) is 7.74. The molecule has 0 saturated heterocycles. The molecule has 1 atom stereocenters. The van der Waals surface area contributed by atoms with E-state index < -0.39 is 12.0 Å². The Kier molecular flexibility index (Phi) is 6.45. The van der Waals surface area contributed by atoms with Gasteiger partial charge in [0.25, 0.3) is 0 Å². The Labute approximate surface area is 191 Å². The highest BCUT2D eigenvalue weighted by Gasteiger charge is 2.42. The molecule has 1 aromatic carbocycles. The first-order valence-corrected chi connectivity index (χ1v) is 11.5. The van der Waals surface area contributed by atoms with Crippen molar-refractivity contribution in [3.05, 3.63) is 46.1 Å². The number of carbonyl (C=O) groups is 2. The monoisotopic (exact) mass is 457 g/mol. The van der Waals surface area contributed by atoms with Gasteiger partial charge in [-0.1, -0.05) is 11.8 Å². The Morgan fingerprint density at radius 1 is 1.25 bits per heavy atom. The van der Waals surface area contributed by atoms with Crippen LogP contribution in [0.1, 0.15) is 44.7 Å². The molecule has 9 heteroatoms. The van der Waals surface area contributed by atoms with Crippen molar-refractivity contribution in [3.63, 3.8) is 0 Å². The molecule has 1 aromatic rings. The third kappa shape index (κ3) is 4.34. The summed E-state index contributed by atoms with van der Waals surface area (Å²) >= 11 is 1.44. The van der Waals surface area contributed by atoms with E-state index in [0.29, 0.717) is 27.9 Å². The molecule has 8 nitrogen and oxygen atoms in total. The van der Waals surface area contributed by atoms with E-state index in [9.17, 15) is 9.59 Å². The first kappa shape index (κ1) is 22.3. The minimum Gasteiger partial charge on any atom is -0.497 e. The number of amidine groups is 1. The highest BCUT2D eigenvalue weighted by atomic mass is 32.2. The van der Waals surface area contributed by atoms with Gasteiger partial charge in [0.05, 0.1) is 44.6 Å². The maximum Gasteiger partial charge on any atom is 0.338 e. The summed E-state index contributed by atoms with van der Waals surface area (Å²) in [5.41, 5.74) is 2.56. The fourth-order valence-electron chi connectivity index (χ4n) is 3.85. The lowest BCUT2D eigenvalue weighted by Crippen LogP contribution is -2.38. The van der Waals surface area contributed by atoms with Gasteiger partial charge in [-0.2, -0.15) is 0 Å². The molecule has 0 aromatic heterocycles. The summed E-state index contributed by atoms with van der Waals surface area (Å²) in [6.45, 7) is 3.82. The van der Waals surface area contributed by atoms with Crippen LogP contribution < -0.4 is 14.8 Å². The average molecular weight is 458 g/mol. The predicted molar refractivity (Wildman–Crippen MR) is 122 cm³/mol. The smallest absolute Gasteiger partial charge is 0.338 e. The van der Waals surface area contributed by atoms with E-state index >= 15 is 0 Å². The zero-order chi connectivity index (χ0) is 22.8. The molecule has 1 fully saturated rings. The van der Waals surface area contributed by atoms with Gasteiger partial charge in [-0.3, -0.25) is 4.79 Å². The Morgan fingerprint density at radius 3 is 2.69 bits per heavy atom. The lowest BCUT2D eigenvalue weighted by atomic mass is 9.93. The molecule has 1 amide bonds. The van der Waals surface area contributed by atoms with Gasteiger partial charge in [0, 0.05) is 23.4 Å². The van der Waals surface area contributed by atoms with Crippen molar-refractivity contribution >= 4 is 28.8 Å². The fraction of sp³-hybridized carbons (Fsp3) is 0.435. The Hall–Kier alpha value is -2.94. The minimum absolute atomic E-state index is 0.0370. The molecule has 2 aliphatic heterocycles. The SMILES string of the molecule is CCOC(=O)C1=C(C)N=C2SC=C(CC(=O)NC3CC3)N2[C@@H]1c1ccc(OC)cc1OC. The van der Waals surface area contributed by atoms with E-state index in [2.05, 4.69) is 10.3 Å². The van der Waals surface area contributed by atoms with Crippen molar-refractivity contribution < 1.29 is 23.8 Å². The molecule has 0 unspecified atom stereocenters. The van der Waals surface area contributed by atoms with Crippen molar-refractivity contribution in [3.8, 4) is 11.5 Å². The van der Waals surface area contributed by atoms with Gasteiger partial charge in [0.2, 0.25) is 5.91 Å². The molecule has 1 aliphatic carbocycles. The van der Waals surface area contributed by atoms with Gasteiger partial charge in [0.15, 0.2) is 5.17 Å². The van der Waals surface area contributed by atoms with Crippen LogP contribution in [0.2, 0.25) is 0 Å². The highest BCUT2D eigenvalue weighted by molar-refractivity contribution is 8.16. The molecule has 4 rings (SSSR count). The summed E-state index contributed by atoms with van der Waals surface area (Å²) in [7, 11) is 3.17. The molecule has 0 spiro atoms. The van der Waals surface area contributed by atoms with Crippen LogP contribution in [0.3, 0.4) is 0 Å². The van der Waals surface area contributed by atoms with E-state index in [1.54, 1.807) is 34.1 Å². The summed E-state index contributed by atoms with van der Waals surface area (Å²) in [6, 6.07) is 5.22. The van der Waals surface area contributed by atoms with Gasteiger partial charge in [-0.25, -0.2) is 9.79 Å². The number of fused-ring (bicyclic) bond motifs is 1. The first-order chi connectivity index (χ1) is 15.5. The van der Waals surface area contributed by atoms with Gasteiger partial charge in [0.1, 0.15) is 11.5 Å². The number of aliphatic imine (C=N–C) groups is 1. The zero-order valence-corrected chi connectivity index (χ0v) is 19.5. The van der Waals surface area contributed by atoms with Crippen LogP contribution in [0, 0.1) is 0 Å². The third-order valence-electron chi connectivity index (χ3n) is 5.52. The quantitative estimate of drug-likeness (QED) is 0.598. The number of methoxy groups -OCH3 is 2. The highest BCUT2D eigenvalue weighted by Crippen LogP contribution is 2.47. The number of rotatable bonds is 8. The lowest BCUT2D eigenvalue weighted by Gasteiger charge is -2.36. The van der Waals surface area contributed by atoms with Crippen LogP contribution >= 0.6 is 11.8 Å². The Bertz CT molecular complexity index is 1030. The summed E-state index contributed by atoms with van der Waals surface area (Å²) in [5, 5.41) is 5.67. The largest absolute Gasteiger partial charge is 0.497 e. The van der Waals surface area contributed by atoms with E-state index in [-0.39, 0.29) is 25.0 Å². The number of allylic oxidation sites excluding steroid dienone is 1. The van der Waals surface area contributed by atoms with Gasteiger partial charge in [-0.05, 0) is 44.2 Å². The number of hydrogen-bond donors (Lipinski definition) is 1. The number of nitrogens with zero attached hydrogens (tertiary/aromatic N) is 2. The molecule has 32 heavy (non-hydrogen) atoms. The molecule has 0 radical (unpaired) electrons. The maximum atomic E-state index is 13.0. The standard InChI is InChI=1S/C23H27N3O5S/c1-5-31-22(28)20-13(2)24-23-26(15(12-32-23)10-19(27)25-14-6-7-14)21(20)17-9-8-16(29-3)11-18(17)30-4/h8-9,11-12,14,21H,5-7,10H2,1-4H3,(H,25,27)/t21-/m1/s1. The van der Waals surface area contributed by atoms with Crippen molar-refractivity contribution in [1.82, 2.24) is 10.2 Å². The normalized spacial score (nSPS) is 19.8. The van der Waals surface area contributed by atoms with Gasteiger partial charge in [-0.15, -0.1) is 0 Å². The summed E-state index contributed by atoms with van der Waals surface area (Å²) in [5.74, 6) is 0.743. The van der Waals surface area contributed by atoms with Gasteiger partial charge < -0.3 is 24.4 Å². The van der Waals surface area contributed by atoms with Crippen LogP contribution in [0.25, 0.3) is 0 Å². The average Bonchev–Trinajstić information content (AvgIpc) is 3.51. The molecule has 0 bridgehead atoms. The van der Waals surface area contributed by atoms with Gasteiger partial charge >= 0.3 is 5.97 Å². The van der Waals surface area contributed by atoms with Crippen LogP contribution in [-0.2, 0) is 14.3 Å². The third-order valence-corrected chi connectivity index (χ3v) is 6.40. The predicted octanol–water partition coefficient (Wildman–Crippen LogP) is 3.51. The van der Waals surface area contributed by atoms with Crippen molar-refractivity contribution in [2.24, 2.45) is 4.99 Å². The van der Waals surface area contributed by atoms with Crippen molar-refractivity contribution in [2.75, 3.05) is 20.8 Å². The number of thioether (sulfide) groups is 1. The number of esters is 1. The van der Waals surface area contributed by atoms with Crippen molar-refractivity contribution in [1.29, 1.82) is 0 Å². The van der Waals surface area contributed by atoms with Crippen LogP contribution in [0.5, 0.6) is 11.5 Å². The van der Waals surface area contributed by atoms with Crippen LogP contribution in [0.4, 0.5) is 0 Å². The second kappa shape index (κ2) is 9.28. The van der Waals surface area contributed by atoms with Crippen LogP contribution in [-0.4, -0.2) is 48.8 Å². The fourth-order valence-corrected chi connectivity index (χ4v) is 4.81. The maximum absolute atomic E-state index is 13.0. The van der Waals surface area contributed by atoms with Crippen LogP contribution in [0.15, 0.2) is 45.6 Å². The second-order valence-corrected chi connectivity index (χ2v) is 8.58. The summed E-state index contributed by atoms with van der Waals surface area (Å²) < 4.78 is 16.4. The summed E-state index contributed by atoms with van der Waals surface area (Å²) in [4.78, 5) is 32.2. The molecular formula is C23H27N3O5S. The molecular weight excluding hydrogens is 430 g/mol. The number of carbonyl (C=O) groups excluding carboxylic acids is 2. The topological polar surface area (TPSA) is 89.5 Å². The Balaban J connectivity index is 1.77. The zero-order valence-electron chi connectivity index (χ0n) is 18.6. The molecule has 1 saturated carbocycles.